The molecule has 1 aromatic rings. The summed E-state index contributed by atoms with van der Waals surface area (Å²) in [4.78, 5) is 19.3. The first-order chi connectivity index (χ1) is 18.6. The Bertz CT molecular complexity index is 1380. The minimum Gasteiger partial charge on any atom is -0.511 e. The first kappa shape index (κ1) is 27.7. The molecular formula is C33H45N3O4. The molecule has 0 spiro atoms. The lowest BCUT2D eigenvalue weighted by Gasteiger charge is -2.69. The molecule has 2 N–H and O–H groups in total. The van der Waals surface area contributed by atoms with Gasteiger partial charge >= 0.3 is 0 Å². The van der Waals surface area contributed by atoms with Gasteiger partial charge in [0.1, 0.15) is 12.4 Å². The number of rotatable bonds is 2. The Kier molecular flexibility index (Phi) is 5.75. The quantitative estimate of drug-likeness (QED) is 0.421. The first-order valence-corrected chi connectivity index (χ1v) is 15.1. The number of carbonyl (C=O) groups is 1. The van der Waals surface area contributed by atoms with Gasteiger partial charge in [0.15, 0.2) is 11.6 Å². The van der Waals surface area contributed by atoms with Crippen LogP contribution in [0.5, 0.6) is 0 Å². The molecule has 5 aliphatic carbocycles. The number of nitrogens with zero attached hydrogens (tertiary/aromatic N) is 3. The van der Waals surface area contributed by atoms with E-state index in [1.807, 2.05) is 6.08 Å². The predicted molar refractivity (Wildman–Crippen MR) is 150 cm³/mol. The van der Waals surface area contributed by atoms with E-state index in [1.54, 1.807) is 0 Å². The van der Waals surface area contributed by atoms with Crippen LogP contribution in [0.3, 0.4) is 0 Å². The summed E-state index contributed by atoms with van der Waals surface area (Å²) in [5, 5.41) is 35.1. The molecule has 1 heterocycles. The highest BCUT2D eigenvalue weighted by Crippen LogP contribution is 2.75. The molecular weight excluding hydrogens is 502 g/mol. The molecule has 0 saturated heterocycles. The second-order valence-corrected chi connectivity index (χ2v) is 15.8. The maximum absolute atomic E-state index is 14.6. The zero-order valence-corrected chi connectivity index (χ0v) is 25.2. The molecule has 6 rings (SSSR count). The van der Waals surface area contributed by atoms with Gasteiger partial charge in [-0.05, 0) is 90.9 Å². The molecule has 0 amide bonds. The van der Waals surface area contributed by atoms with Crippen LogP contribution < -0.4 is 0 Å². The number of nitriles is 1. The van der Waals surface area contributed by atoms with Gasteiger partial charge < -0.3 is 14.7 Å². The smallest absolute Gasteiger partial charge is 0.252 e. The van der Waals surface area contributed by atoms with Crippen LogP contribution >= 0.6 is 0 Å². The zero-order chi connectivity index (χ0) is 29.1. The van der Waals surface area contributed by atoms with Crippen molar-refractivity contribution >= 4 is 5.78 Å². The number of aromatic nitrogens is 2. The summed E-state index contributed by atoms with van der Waals surface area (Å²) >= 11 is 0. The number of ketones is 1. The summed E-state index contributed by atoms with van der Waals surface area (Å²) in [6.07, 6.45) is 9.00. The Hall–Kier alpha value is -2.46. The van der Waals surface area contributed by atoms with Crippen molar-refractivity contribution in [3.63, 3.8) is 0 Å². The third kappa shape index (κ3) is 3.29. The van der Waals surface area contributed by atoms with E-state index in [2.05, 4.69) is 64.7 Å². The lowest BCUT2D eigenvalue weighted by Crippen LogP contribution is -2.65. The van der Waals surface area contributed by atoms with Crippen molar-refractivity contribution in [1.82, 2.24) is 10.1 Å². The average molecular weight is 548 g/mol. The van der Waals surface area contributed by atoms with Crippen molar-refractivity contribution in [3.05, 3.63) is 34.7 Å². The average Bonchev–Trinajstić information content (AvgIpc) is 3.37. The van der Waals surface area contributed by atoms with Gasteiger partial charge in [-0.3, -0.25) is 4.79 Å². The summed E-state index contributed by atoms with van der Waals surface area (Å²) < 4.78 is 5.42. The molecule has 5 aliphatic rings. The van der Waals surface area contributed by atoms with E-state index < -0.39 is 5.41 Å². The maximum atomic E-state index is 14.6. The van der Waals surface area contributed by atoms with Crippen LogP contribution in [-0.4, -0.2) is 26.1 Å². The van der Waals surface area contributed by atoms with Crippen LogP contribution in [0.15, 0.2) is 27.5 Å². The maximum Gasteiger partial charge on any atom is 0.252 e. The molecule has 0 aromatic carbocycles. The summed E-state index contributed by atoms with van der Waals surface area (Å²) in [5.41, 5.74) is 0.0442. The van der Waals surface area contributed by atoms with Gasteiger partial charge in [0.05, 0.1) is 11.6 Å². The fraction of sp³-hybridized carbons (Fsp3) is 0.758. The number of fused-ring (bicyclic) bond motifs is 7. The monoisotopic (exact) mass is 547 g/mol. The summed E-state index contributed by atoms with van der Waals surface area (Å²) in [6.45, 7) is 15.5. The molecule has 7 heteroatoms. The fourth-order valence-electron chi connectivity index (χ4n) is 10.8. The Morgan fingerprint density at radius 2 is 1.77 bits per heavy atom. The molecule has 0 unspecified atom stereocenters. The Morgan fingerprint density at radius 1 is 1.07 bits per heavy atom. The minimum atomic E-state index is -0.529. The molecule has 7 atom stereocenters. The Balaban J connectivity index is 1.51. The highest BCUT2D eigenvalue weighted by molar-refractivity contribution is 5.95. The molecule has 7 nitrogen and oxygen atoms in total. The van der Waals surface area contributed by atoms with Gasteiger partial charge in [-0.25, -0.2) is 0 Å². The van der Waals surface area contributed by atoms with E-state index >= 15 is 0 Å². The van der Waals surface area contributed by atoms with Crippen LogP contribution in [0.2, 0.25) is 0 Å². The molecule has 0 bridgehead atoms. The van der Waals surface area contributed by atoms with Crippen molar-refractivity contribution in [3.8, 4) is 6.07 Å². The van der Waals surface area contributed by atoms with Crippen LogP contribution in [0.1, 0.15) is 112 Å². The van der Waals surface area contributed by atoms with E-state index in [-0.39, 0.29) is 68.9 Å². The summed E-state index contributed by atoms with van der Waals surface area (Å²) in [5.74, 6) is 1.38. The Labute approximate surface area is 238 Å². The number of carbonyl (C=O) groups excluding carboxylic acids is 1. The van der Waals surface area contributed by atoms with E-state index in [1.165, 1.54) is 5.57 Å². The van der Waals surface area contributed by atoms with Crippen molar-refractivity contribution < 1.29 is 19.5 Å². The highest BCUT2D eigenvalue weighted by atomic mass is 16.5. The topological polar surface area (TPSA) is 120 Å². The zero-order valence-electron chi connectivity index (χ0n) is 25.2. The lowest BCUT2D eigenvalue weighted by atomic mass is 9.34. The SMILES string of the molecule is CC1(C)CC[C@]2(c3noc(CO)n3)CC[C@]3(C)[C@H](C(=O)C=C4[C@@]5(C)CC(C#N)=C(O)C(C)(C)[C@@H]5CC[C@]43C)[C@@H]2C1. The normalized spacial score (nSPS) is 43.5. The van der Waals surface area contributed by atoms with Gasteiger partial charge in [0.25, 0.3) is 5.89 Å². The van der Waals surface area contributed by atoms with E-state index in [0.29, 0.717) is 17.8 Å². The van der Waals surface area contributed by atoms with Gasteiger partial charge in [0, 0.05) is 16.7 Å². The summed E-state index contributed by atoms with van der Waals surface area (Å²) in [7, 11) is 0. The van der Waals surface area contributed by atoms with Crippen molar-refractivity contribution in [2.75, 3.05) is 0 Å². The van der Waals surface area contributed by atoms with Gasteiger partial charge in [0.2, 0.25) is 0 Å². The van der Waals surface area contributed by atoms with E-state index in [4.69, 9.17) is 4.52 Å². The van der Waals surface area contributed by atoms with Gasteiger partial charge in [-0.15, -0.1) is 0 Å². The fourth-order valence-corrected chi connectivity index (χ4v) is 10.8. The molecule has 3 fully saturated rings. The second kappa shape index (κ2) is 8.31. The third-order valence-electron chi connectivity index (χ3n) is 13.2. The van der Waals surface area contributed by atoms with E-state index in [0.717, 1.165) is 44.9 Å². The minimum absolute atomic E-state index is 0.0770. The van der Waals surface area contributed by atoms with Gasteiger partial charge in [-0.2, -0.15) is 10.2 Å². The van der Waals surface area contributed by atoms with Crippen LogP contribution in [0, 0.1) is 56.2 Å². The predicted octanol–water partition coefficient (Wildman–Crippen LogP) is 6.74. The lowest BCUT2D eigenvalue weighted by molar-refractivity contribution is -0.161. The number of allylic oxidation sites excluding steroid dienone is 4. The van der Waals surface area contributed by atoms with Crippen molar-refractivity contribution in [2.24, 2.45) is 44.8 Å². The molecule has 1 aromatic heterocycles. The van der Waals surface area contributed by atoms with Crippen LogP contribution in [0.25, 0.3) is 0 Å². The molecule has 40 heavy (non-hydrogen) atoms. The largest absolute Gasteiger partial charge is 0.511 e. The van der Waals surface area contributed by atoms with Crippen LogP contribution in [-0.2, 0) is 16.8 Å². The number of aliphatic hydroxyl groups excluding tert-OH is 2. The third-order valence-corrected chi connectivity index (χ3v) is 13.2. The first-order valence-electron chi connectivity index (χ1n) is 15.1. The molecule has 216 valence electrons. The molecule has 0 radical (unpaired) electrons. The van der Waals surface area contributed by atoms with Crippen molar-refractivity contribution in [1.29, 1.82) is 5.26 Å². The van der Waals surface area contributed by atoms with E-state index in [9.17, 15) is 20.3 Å². The van der Waals surface area contributed by atoms with Crippen LogP contribution in [0.4, 0.5) is 0 Å². The van der Waals surface area contributed by atoms with Gasteiger partial charge in [-0.1, -0.05) is 59.2 Å². The number of hydrogen-bond donors (Lipinski definition) is 2. The standard InChI is InChI=1S/C33H45N3O4/c1-28(2)10-12-33(27-35-24(18-37)40-36-27)13-11-32(7)25(20(33)16-28)21(38)14-23-30(5)15-19(17-34)26(39)29(3,4)22(30)8-9-31(23,32)6/h14,20,22,25,37,39H,8-13,15-16,18H2,1-7H3/t20-,22-,25-,30-,31+,32+,33-/m0/s1. The highest BCUT2D eigenvalue weighted by Gasteiger charge is 2.70. The summed E-state index contributed by atoms with van der Waals surface area (Å²) in [6, 6.07) is 2.31. The van der Waals surface area contributed by atoms with Crippen molar-refractivity contribution in [2.45, 2.75) is 112 Å². The number of aliphatic hydroxyl groups is 2. The second-order valence-electron chi connectivity index (χ2n) is 15.8. The Morgan fingerprint density at radius 3 is 2.42 bits per heavy atom. The molecule has 3 saturated carbocycles. The molecule has 0 aliphatic heterocycles. The number of hydrogen-bond acceptors (Lipinski definition) is 7.